The van der Waals surface area contributed by atoms with E-state index in [1.54, 1.807) is 35.0 Å². The number of hydrogen-bond acceptors (Lipinski definition) is 5. The standard InChI is InChI=1S/C29H37ClFN5O3/c1-34(15-18-2-3-21(14-32)25(30)10-18)27(37)16-36-17-33-26-5-4-20(13-24(26)29(36)39)19-6-8-35(9-7-19)28(38)22-11-23(31)12-22/h2-3,10,19-20,22-24,26,33H,4-9,11-13,15-17H2,1H3. The van der Waals surface area contributed by atoms with Gasteiger partial charge in [-0.1, -0.05) is 17.7 Å². The maximum Gasteiger partial charge on any atom is 0.242 e. The van der Waals surface area contributed by atoms with Gasteiger partial charge < -0.3 is 14.7 Å². The van der Waals surface area contributed by atoms with Crippen LogP contribution in [0.25, 0.3) is 0 Å². The topological polar surface area (TPSA) is 96.8 Å². The number of likely N-dealkylation sites (N-methyl/N-ethyl adjacent to an activating group) is 1. The third-order valence-electron chi connectivity index (χ3n) is 9.34. The van der Waals surface area contributed by atoms with Gasteiger partial charge in [0.1, 0.15) is 18.8 Å². The molecule has 3 atom stereocenters. The van der Waals surface area contributed by atoms with E-state index in [9.17, 15) is 18.8 Å². The molecule has 2 saturated heterocycles. The number of halogens is 2. The van der Waals surface area contributed by atoms with E-state index in [0.717, 1.165) is 50.8 Å². The van der Waals surface area contributed by atoms with Crippen LogP contribution in [-0.4, -0.2) is 78.0 Å². The van der Waals surface area contributed by atoms with Crippen molar-refractivity contribution in [1.82, 2.24) is 20.0 Å². The normalized spacial score (nSPS) is 29.3. The maximum atomic E-state index is 13.5. The van der Waals surface area contributed by atoms with Crippen molar-refractivity contribution < 1.29 is 18.8 Å². The van der Waals surface area contributed by atoms with Crippen molar-refractivity contribution in [2.45, 2.75) is 63.7 Å². The summed E-state index contributed by atoms with van der Waals surface area (Å²) in [5.74, 6) is 0.666. The van der Waals surface area contributed by atoms with Gasteiger partial charge in [-0.2, -0.15) is 5.26 Å². The zero-order valence-electron chi connectivity index (χ0n) is 22.5. The first-order valence-corrected chi connectivity index (χ1v) is 14.5. The number of piperidine rings is 1. The summed E-state index contributed by atoms with van der Waals surface area (Å²) in [4.78, 5) is 44.2. The lowest BCUT2D eigenvalue weighted by Crippen LogP contribution is -2.60. The fraction of sp³-hybridized carbons (Fsp3) is 0.655. The number of likely N-dealkylation sites (tertiary alicyclic amines) is 1. The molecule has 3 amide bonds. The summed E-state index contributed by atoms with van der Waals surface area (Å²) in [5, 5.41) is 12.9. The molecule has 2 aliphatic carbocycles. The zero-order chi connectivity index (χ0) is 27.7. The number of fused-ring (bicyclic) bond motifs is 1. The molecule has 1 aromatic rings. The highest BCUT2D eigenvalue weighted by atomic mass is 35.5. The van der Waals surface area contributed by atoms with E-state index < -0.39 is 6.17 Å². The molecule has 39 heavy (non-hydrogen) atoms. The Hall–Kier alpha value is -2.70. The molecule has 2 aliphatic heterocycles. The van der Waals surface area contributed by atoms with E-state index in [1.807, 2.05) is 11.0 Å². The Kier molecular flexibility index (Phi) is 8.43. The number of carbonyl (C=O) groups is 3. The highest BCUT2D eigenvalue weighted by molar-refractivity contribution is 6.31. The van der Waals surface area contributed by atoms with Crippen LogP contribution in [0.4, 0.5) is 4.39 Å². The minimum absolute atomic E-state index is 0.0155. The number of hydrogen-bond donors (Lipinski definition) is 1. The molecule has 1 aromatic carbocycles. The first-order valence-electron chi connectivity index (χ1n) is 14.1. The van der Waals surface area contributed by atoms with Crippen molar-refractivity contribution in [3.8, 4) is 6.07 Å². The van der Waals surface area contributed by atoms with Crippen LogP contribution >= 0.6 is 11.6 Å². The van der Waals surface area contributed by atoms with Crippen molar-refractivity contribution >= 4 is 29.3 Å². The maximum absolute atomic E-state index is 13.5. The van der Waals surface area contributed by atoms with Gasteiger partial charge in [-0.3, -0.25) is 19.7 Å². The van der Waals surface area contributed by atoms with E-state index in [1.165, 1.54) is 0 Å². The van der Waals surface area contributed by atoms with Crippen LogP contribution in [0.2, 0.25) is 5.02 Å². The second-order valence-corrected chi connectivity index (χ2v) is 12.2. The van der Waals surface area contributed by atoms with E-state index in [-0.39, 0.29) is 42.1 Å². The highest BCUT2D eigenvalue weighted by Crippen LogP contribution is 2.41. The largest absolute Gasteiger partial charge is 0.342 e. The zero-order valence-corrected chi connectivity index (χ0v) is 23.2. The van der Waals surface area contributed by atoms with Crippen LogP contribution in [0.15, 0.2) is 18.2 Å². The molecule has 0 aromatic heterocycles. The average Bonchev–Trinajstić information content (AvgIpc) is 2.92. The lowest BCUT2D eigenvalue weighted by atomic mass is 9.69. The molecule has 0 spiro atoms. The summed E-state index contributed by atoms with van der Waals surface area (Å²) >= 11 is 6.13. The lowest BCUT2D eigenvalue weighted by Gasteiger charge is -2.46. The van der Waals surface area contributed by atoms with E-state index in [2.05, 4.69) is 5.32 Å². The van der Waals surface area contributed by atoms with Crippen molar-refractivity contribution in [1.29, 1.82) is 5.26 Å². The summed E-state index contributed by atoms with van der Waals surface area (Å²) in [6, 6.07) is 7.29. The molecule has 1 N–H and O–H groups in total. The molecule has 2 heterocycles. The molecule has 4 aliphatic rings. The number of nitriles is 1. The van der Waals surface area contributed by atoms with Crippen LogP contribution in [0.3, 0.4) is 0 Å². The third-order valence-corrected chi connectivity index (χ3v) is 9.65. The number of amides is 3. The Bertz CT molecular complexity index is 1140. The summed E-state index contributed by atoms with van der Waals surface area (Å²) in [5.41, 5.74) is 1.21. The molecule has 210 valence electrons. The highest BCUT2D eigenvalue weighted by Gasteiger charge is 2.44. The Balaban J connectivity index is 1.12. The Morgan fingerprint density at radius 1 is 1.15 bits per heavy atom. The molecule has 10 heteroatoms. The minimum atomic E-state index is -0.815. The van der Waals surface area contributed by atoms with Gasteiger partial charge in [0.2, 0.25) is 17.7 Å². The van der Waals surface area contributed by atoms with Gasteiger partial charge in [-0.15, -0.1) is 0 Å². The van der Waals surface area contributed by atoms with Gasteiger partial charge in [0.25, 0.3) is 0 Å². The third kappa shape index (κ3) is 6.07. The number of nitrogens with one attached hydrogen (secondary N) is 1. The fourth-order valence-electron chi connectivity index (χ4n) is 6.82. The molecule has 5 rings (SSSR count). The minimum Gasteiger partial charge on any atom is -0.342 e. The molecule has 2 saturated carbocycles. The van der Waals surface area contributed by atoms with Crippen LogP contribution in [0.1, 0.15) is 56.1 Å². The first-order chi connectivity index (χ1) is 18.7. The molecule has 8 nitrogen and oxygen atoms in total. The Morgan fingerprint density at radius 2 is 1.90 bits per heavy atom. The fourth-order valence-corrected chi connectivity index (χ4v) is 7.06. The number of benzene rings is 1. The molecule has 4 fully saturated rings. The van der Waals surface area contributed by atoms with Crippen molar-refractivity contribution in [2.24, 2.45) is 23.7 Å². The van der Waals surface area contributed by atoms with Gasteiger partial charge in [0.05, 0.1) is 23.2 Å². The summed E-state index contributed by atoms with van der Waals surface area (Å²) in [6.45, 7) is 2.18. The van der Waals surface area contributed by atoms with Crippen molar-refractivity contribution in [3.05, 3.63) is 34.3 Å². The SMILES string of the molecule is CN(Cc1ccc(C#N)c(Cl)c1)C(=O)CN1CNC2CCC(C3CCN(C(=O)C4CC(F)C4)CC3)CC2C1=O. The van der Waals surface area contributed by atoms with Crippen LogP contribution < -0.4 is 5.32 Å². The van der Waals surface area contributed by atoms with E-state index >= 15 is 0 Å². The first kappa shape index (κ1) is 27.9. The number of nitrogens with zero attached hydrogens (tertiary/aromatic N) is 4. The van der Waals surface area contributed by atoms with E-state index in [4.69, 9.17) is 16.9 Å². The summed E-state index contributed by atoms with van der Waals surface area (Å²) < 4.78 is 13.2. The van der Waals surface area contributed by atoms with Crippen LogP contribution in [-0.2, 0) is 20.9 Å². The van der Waals surface area contributed by atoms with Crippen LogP contribution in [0.5, 0.6) is 0 Å². The van der Waals surface area contributed by atoms with Crippen LogP contribution in [0, 0.1) is 35.0 Å². The van der Waals surface area contributed by atoms with Gasteiger partial charge in [0, 0.05) is 38.6 Å². The average molecular weight is 558 g/mol. The second-order valence-electron chi connectivity index (χ2n) is 11.8. The van der Waals surface area contributed by atoms with Crippen molar-refractivity contribution in [2.75, 3.05) is 33.4 Å². The van der Waals surface area contributed by atoms with Crippen molar-refractivity contribution in [3.63, 3.8) is 0 Å². The molecular formula is C29H37ClFN5O3. The van der Waals surface area contributed by atoms with Gasteiger partial charge in [-0.05, 0) is 74.5 Å². The number of carbonyl (C=O) groups excluding carboxylic acids is 3. The smallest absolute Gasteiger partial charge is 0.242 e. The van der Waals surface area contributed by atoms with Gasteiger partial charge in [-0.25, -0.2) is 4.39 Å². The predicted octanol–water partition coefficient (Wildman–Crippen LogP) is 3.33. The monoisotopic (exact) mass is 557 g/mol. The predicted molar refractivity (Wildman–Crippen MR) is 144 cm³/mol. The quantitative estimate of drug-likeness (QED) is 0.579. The van der Waals surface area contributed by atoms with Gasteiger partial charge in [0.15, 0.2) is 0 Å². The second kappa shape index (κ2) is 11.8. The lowest BCUT2D eigenvalue weighted by molar-refractivity contribution is -0.149. The number of rotatable bonds is 6. The van der Waals surface area contributed by atoms with E-state index in [0.29, 0.717) is 48.5 Å². The molecule has 0 radical (unpaired) electrons. The summed E-state index contributed by atoms with van der Waals surface area (Å²) in [6.07, 6.45) is 4.64. The Labute approximate surface area is 234 Å². The molecular weight excluding hydrogens is 521 g/mol. The number of alkyl halides is 1. The molecule has 0 bridgehead atoms. The molecule has 3 unspecified atom stereocenters. The summed E-state index contributed by atoms with van der Waals surface area (Å²) in [7, 11) is 1.70. The van der Waals surface area contributed by atoms with Gasteiger partial charge >= 0.3 is 0 Å². The Morgan fingerprint density at radius 3 is 2.56 bits per heavy atom.